The first kappa shape index (κ1) is 24.8. The fraction of sp³-hybridized carbons (Fsp3) is 0.129. The topological polar surface area (TPSA) is 99.1 Å². The van der Waals surface area contributed by atoms with Gasteiger partial charge in [0.1, 0.15) is 11.3 Å². The van der Waals surface area contributed by atoms with Crippen molar-refractivity contribution in [2.75, 3.05) is 0 Å². The van der Waals surface area contributed by atoms with Crippen molar-refractivity contribution in [3.05, 3.63) is 124 Å². The molecule has 196 valence electrons. The van der Waals surface area contributed by atoms with Gasteiger partial charge in [-0.25, -0.2) is 14.5 Å². The third-order valence-corrected chi connectivity index (χ3v) is 6.71. The second kappa shape index (κ2) is 10.0. The highest BCUT2D eigenvalue weighted by atomic mass is 16.2. The van der Waals surface area contributed by atoms with Crippen molar-refractivity contribution in [1.29, 1.82) is 0 Å². The third-order valence-electron chi connectivity index (χ3n) is 6.71. The van der Waals surface area contributed by atoms with Crippen LogP contribution in [-0.4, -0.2) is 34.6 Å². The van der Waals surface area contributed by atoms with Crippen molar-refractivity contribution in [3.63, 3.8) is 0 Å². The van der Waals surface area contributed by atoms with E-state index in [4.69, 9.17) is 0 Å². The Kier molecular flexibility index (Phi) is 6.21. The number of rotatable bonds is 4. The van der Waals surface area contributed by atoms with Gasteiger partial charge in [0.05, 0.1) is 23.4 Å². The van der Waals surface area contributed by atoms with Crippen LogP contribution in [0, 0.1) is 18.8 Å². The van der Waals surface area contributed by atoms with E-state index >= 15 is 0 Å². The van der Waals surface area contributed by atoms with E-state index in [1.54, 1.807) is 40.8 Å². The molecular weight excluding hydrogens is 502 g/mol. The van der Waals surface area contributed by atoms with E-state index in [9.17, 15) is 9.59 Å². The predicted molar refractivity (Wildman–Crippen MR) is 152 cm³/mol. The van der Waals surface area contributed by atoms with E-state index in [2.05, 4.69) is 32.2 Å². The molecule has 1 atom stereocenters. The summed E-state index contributed by atoms with van der Waals surface area (Å²) < 4.78 is 5.04. The number of pyridine rings is 1. The van der Waals surface area contributed by atoms with Gasteiger partial charge >= 0.3 is 0 Å². The number of aromatic nitrogens is 6. The maximum atomic E-state index is 14.2. The molecule has 0 spiro atoms. The summed E-state index contributed by atoms with van der Waals surface area (Å²) in [6.07, 6.45) is 6.88. The fourth-order valence-electron chi connectivity index (χ4n) is 4.86. The number of benzene rings is 2. The van der Waals surface area contributed by atoms with Crippen molar-refractivity contribution >= 4 is 22.3 Å². The van der Waals surface area contributed by atoms with E-state index in [0.717, 1.165) is 5.39 Å². The zero-order valence-electron chi connectivity index (χ0n) is 22.2. The Morgan fingerprint density at radius 2 is 1.85 bits per heavy atom. The van der Waals surface area contributed by atoms with E-state index in [0.29, 0.717) is 44.9 Å². The van der Waals surface area contributed by atoms with Crippen molar-refractivity contribution in [2.45, 2.75) is 19.9 Å². The molecule has 6 rings (SSSR count). The number of imidazole rings is 1. The number of aryl methyl sites for hydroxylation is 2. The largest absolute Gasteiger partial charge is 0.344 e. The van der Waals surface area contributed by atoms with Gasteiger partial charge in [0.25, 0.3) is 11.5 Å². The van der Waals surface area contributed by atoms with Gasteiger partial charge in [0, 0.05) is 42.6 Å². The number of fused-ring (bicyclic) bond motifs is 2. The van der Waals surface area contributed by atoms with E-state index < -0.39 is 6.04 Å². The van der Waals surface area contributed by atoms with Crippen LogP contribution in [0.2, 0.25) is 0 Å². The molecule has 1 unspecified atom stereocenters. The second-order valence-corrected chi connectivity index (χ2v) is 9.53. The first-order valence-corrected chi connectivity index (χ1v) is 12.8. The highest BCUT2D eigenvalue weighted by molar-refractivity contribution is 6.01. The first-order valence-electron chi connectivity index (χ1n) is 12.8. The lowest BCUT2D eigenvalue weighted by Gasteiger charge is -2.21. The van der Waals surface area contributed by atoms with Crippen LogP contribution in [0.3, 0.4) is 0 Å². The van der Waals surface area contributed by atoms with Crippen LogP contribution in [0.25, 0.3) is 22.1 Å². The summed E-state index contributed by atoms with van der Waals surface area (Å²) >= 11 is 0. The van der Waals surface area contributed by atoms with Gasteiger partial charge in [-0.3, -0.25) is 14.2 Å². The van der Waals surface area contributed by atoms with Crippen LogP contribution in [0.4, 0.5) is 0 Å². The Morgan fingerprint density at radius 1 is 1.02 bits per heavy atom. The second-order valence-electron chi connectivity index (χ2n) is 9.53. The standard InChI is InChI=1S/C31H25N7O2/c1-20(34-30(39)27-21(2)35-37-16-8-15-32-29(27)37)26-17-23-10-7-9-22(13-14-24-18-36(3)19-33-24)28(23)31(40)38(26)25-11-5-4-6-12-25/h4-12,15-20H,1-3H3,(H,34,39). The third kappa shape index (κ3) is 4.41. The number of carbonyl (C=O) groups excluding carboxylic acids is 1. The fourth-order valence-corrected chi connectivity index (χ4v) is 4.86. The van der Waals surface area contributed by atoms with Gasteiger partial charge in [0.2, 0.25) is 0 Å². The minimum absolute atomic E-state index is 0.223. The average molecular weight is 528 g/mol. The summed E-state index contributed by atoms with van der Waals surface area (Å²) in [5, 5.41) is 8.70. The number of para-hydroxylation sites is 1. The molecule has 6 aromatic rings. The van der Waals surface area contributed by atoms with E-state index in [1.165, 1.54) is 0 Å². The zero-order chi connectivity index (χ0) is 27.8. The van der Waals surface area contributed by atoms with Crippen LogP contribution < -0.4 is 10.9 Å². The number of carbonyl (C=O) groups is 1. The SMILES string of the molecule is Cc1nn2cccnc2c1C(=O)NC(C)c1cc2cccc(C#Cc3cn(C)cn3)c2c(=O)n1-c1ccccc1. The molecule has 2 aromatic carbocycles. The van der Waals surface area contributed by atoms with E-state index in [-0.39, 0.29) is 11.5 Å². The number of hydrogen-bond acceptors (Lipinski definition) is 5. The lowest BCUT2D eigenvalue weighted by atomic mass is 10.0. The van der Waals surface area contributed by atoms with Crippen LogP contribution in [0.1, 0.15) is 46.0 Å². The maximum Gasteiger partial charge on any atom is 0.264 e. The Hall–Kier alpha value is -5.49. The van der Waals surface area contributed by atoms with Gasteiger partial charge in [-0.15, -0.1) is 0 Å². The smallest absolute Gasteiger partial charge is 0.264 e. The molecule has 0 radical (unpaired) electrons. The summed E-state index contributed by atoms with van der Waals surface area (Å²) in [6, 6.07) is 18.1. The summed E-state index contributed by atoms with van der Waals surface area (Å²) in [7, 11) is 1.88. The molecule has 4 aromatic heterocycles. The average Bonchev–Trinajstić information content (AvgIpc) is 3.53. The number of hydrogen-bond donors (Lipinski definition) is 1. The first-order chi connectivity index (χ1) is 19.4. The summed E-state index contributed by atoms with van der Waals surface area (Å²) in [5.41, 5.74) is 3.76. The van der Waals surface area contributed by atoms with E-state index in [1.807, 2.05) is 79.3 Å². The van der Waals surface area contributed by atoms with Gasteiger partial charge in [-0.2, -0.15) is 5.10 Å². The van der Waals surface area contributed by atoms with Crippen LogP contribution >= 0.6 is 0 Å². The monoisotopic (exact) mass is 527 g/mol. The van der Waals surface area contributed by atoms with Crippen LogP contribution in [0.5, 0.6) is 0 Å². The summed E-state index contributed by atoms with van der Waals surface area (Å²) in [4.78, 5) is 36.3. The highest BCUT2D eigenvalue weighted by Gasteiger charge is 2.23. The lowest BCUT2D eigenvalue weighted by molar-refractivity contribution is 0.0939. The number of nitrogens with zero attached hydrogens (tertiary/aromatic N) is 6. The number of nitrogens with one attached hydrogen (secondary N) is 1. The van der Waals surface area contributed by atoms with Crippen molar-refractivity contribution in [3.8, 4) is 17.5 Å². The molecule has 0 aliphatic carbocycles. The van der Waals surface area contributed by atoms with Crippen molar-refractivity contribution in [2.24, 2.45) is 7.05 Å². The highest BCUT2D eigenvalue weighted by Crippen LogP contribution is 2.24. The van der Waals surface area contributed by atoms with Crippen molar-refractivity contribution in [1.82, 2.24) is 34.0 Å². The molecule has 0 saturated carbocycles. The molecule has 9 nitrogen and oxygen atoms in total. The number of amides is 1. The van der Waals surface area contributed by atoms with Crippen LogP contribution in [-0.2, 0) is 7.05 Å². The van der Waals surface area contributed by atoms with Gasteiger partial charge in [-0.1, -0.05) is 36.3 Å². The Morgan fingerprint density at radius 3 is 2.62 bits per heavy atom. The lowest BCUT2D eigenvalue weighted by Crippen LogP contribution is -2.32. The van der Waals surface area contributed by atoms with Crippen LogP contribution in [0.15, 0.2) is 90.4 Å². The predicted octanol–water partition coefficient (Wildman–Crippen LogP) is 3.97. The Balaban J connectivity index is 1.48. The molecule has 4 heterocycles. The minimum Gasteiger partial charge on any atom is -0.344 e. The summed E-state index contributed by atoms with van der Waals surface area (Å²) in [6.45, 7) is 3.63. The molecule has 0 bridgehead atoms. The Labute approximate surface area is 229 Å². The molecular formula is C31H25N7O2. The minimum atomic E-state index is -0.522. The normalized spacial score (nSPS) is 11.8. The van der Waals surface area contributed by atoms with Gasteiger partial charge in [0.15, 0.2) is 5.65 Å². The summed E-state index contributed by atoms with van der Waals surface area (Å²) in [5.74, 6) is 5.87. The van der Waals surface area contributed by atoms with Crippen molar-refractivity contribution < 1.29 is 4.79 Å². The van der Waals surface area contributed by atoms with Gasteiger partial charge < -0.3 is 9.88 Å². The molecule has 0 fully saturated rings. The molecule has 9 heteroatoms. The van der Waals surface area contributed by atoms with Gasteiger partial charge in [-0.05, 0) is 55.5 Å². The molecule has 0 saturated heterocycles. The molecule has 0 aliphatic heterocycles. The Bertz CT molecular complexity index is 2020. The quantitative estimate of drug-likeness (QED) is 0.350. The zero-order valence-corrected chi connectivity index (χ0v) is 22.2. The maximum absolute atomic E-state index is 14.2. The molecule has 40 heavy (non-hydrogen) atoms. The molecule has 1 N–H and O–H groups in total. The molecule has 1 amide bonds. The molecule has 0 aliphatic rings.